The first-order valence-corrected chi connectivity index (χ1v) is 8.94. The molecule has 0 saturated carbocycles. The van der Waals surface area contributed by atoms with Gasteiger partial charge in [0.2, 0.25) is 0 Å². The average Bonchev–Trinajstić information content (AvgIpc) is 3.02. The van der Waals surface area contributed by atoms with Gasteiger partial charge in [0, 0.05) is 31.1 Å². The van der Waals surface area contributed by atoms with Crippen molar-refractivity contribution in [3.8, 4) is 16.2 Å². The van der Waals surface area contributed by atoms with E-state index in [9.17, 15) is 9.90 Å². The molecular weight excluding hydrogens is 352 g/mol. The molecule has 4 rings (SSSR count). The van der Waals surface area contributed by atoms with Crippen molar-refractivity contribution in [2.45, 2.75) is 0 Å². The molecule has 4 heteroatoms. The topological polar surface area (TPSA) is 37.3 Å². The maximum absolute atomic E-state index is 13.2. The third-order valence-electron chi connectivity index (χ3n) is 4.06. The Bertz CT molecular complexity index is 1060. The van der Waals surface area contributed by atoms with Crippen molar-refractivity contribution < 1.29 is 9.90 Å². The molecule has 0 saturated heterocycles. The Kier molecular flexibility index (Phi) is 4.04. The highest BCUT2D eigenvalue weighted by molar-refractivity contribution is 7.22. The van der Waals surface area contributed by atoms with Crippen molar-refractivity contribution in [1.29, 1.82) is 0 Å². The molecule has 0 atom stereocenters. The van der Waals surface area contributed by atoms with E-state index in [2.05, 4.69) is 0 Å². The summed E-state index contributed by atoms with van der Waals surface area (Å²) in [7, 11) is 0. The molecule has 0 aliphatic carbocycles. The van der Waals surface area contributed by atoms with Gasteiger partial charge in [0.1, 0.15) is 5.75 Å². The van der Waals surface area contributed by atoms with Crippen molar-refractivity contribution in [3.63, 3.8) is 0 Å². The van der Waals surface area contributed by atoms with Crippen LogP contribution in [0.25, 0.3) is 20.5 Å². The van der Waals surface area contributed by atoms with Gasteiger partial charge in [-0.1, -0.05) is 41.9 Å². The van der Waals surface area contributed by atoms with Crippen LogP contribution < -0.4 is 0 Å². The summed E-state index contributed by atoms with van der Waals surface area (Å²) >= 11 is 7.60. The number of phenolic OH excluding ortho intramolecular Hbond substituents is 1. The summed E-state index contributed by atoms with van der Waals surface area (Å²) in [5, 5.41) is 11.1. The molecule has 0 spiro atoms. The third kappa shape index (κ3) is 2.93. The smallest absolute Gasteiger partial charge is 0.195 e. The van der Waals surface area contributed by atoms with Gasteiger partial charge in [-0.15, -0.1) is 11.3 Å². The maximum atomic E-state index is 13.2. The summed E-state index contributed by atoms with van der Waals surface area (Å²) in [6.07, 6.45) is 0. The SMILES string of the molecule is O=C(c1ccc(O)cc1)c1c(-c2ccc(Cl)cc2)sc2ccccc12. The number of carbonyl (C=O) groups excluding carboxylic acids is 1. The lowest BCUT2D eigenvalue weighted by Crippen LogP contribution is -2.01. The zero-order chi connectivity index (χ0) is 17.4. The summed E-state index contributed by atoms with van der Waals surface area (Å²) in [5.41, 5.74) is 2.21. The van der Waals surface area contributed by atoms with Crippen LogP contribution in [-0.4, -0.2) is 10.9 Å². The Morgan fingerprint density at radius 3 is 2.28 bits per heavy atom. The summed E-state index contributed by atoms with van der Waals surface area (Å²) in [6, 6.07) is 21.8. The first-order chi connectivity index (χ1) is 12.1. The maximum Gasteiger partial charge on any atom is 0.195 e. The molecule has 1 aromatic heterocycles. The zero-order valence-electron chi connectivity index (χ0n) is 13.1. The molecule has 2 nitrogen and oxygen atoms in total. The van der Waals surface area contributed by atoms with Crippen LogP contribution in [0.4, 0.5) is 0 Å². The molecule has 1 heterocycles. The second-order valence-corrected chi connectivity index (χ2v) is 7.17. The molecule has 4 aromatic rings. The van der Waals surface area contributed by atoms with Gasteiger partial charge in [0.15, 0.2) is 5.78 Å². The molecule has 3 aromatic carbocycles. The quantitative estimate of drug-likeness (QED) is 0.442. The van der Waals surface area contributed by atoms with Gasteiger partial charge >= 0.3 is 0 Å². The van der Waals surface area contributed by atoms with Crippen molar-refractivity contribution in [2.75, 3.05) is 0 Å². The summed E-state index contributed by atoms with van der Waals surface area (Å²) in [5.74, 6) is 0.0899. The minimum Gasteiger partial charge on any atom is -0.508 e. The van der Waals surface area contributed by atoms with Crippen molar-refractivity contribution in [2.24, 2.45) is 0 Å². The largest absolute Gasteiger partial charge is 0.508 e. The van der Waals surface area contributed by atoms with Crippen molar-refractivity contribution >= 4 is 38.8 Å². The molecule has 0 amide bonds. The van der Waals surface area contributed by atoms with E-state index in [0.29, 0.717) is 16.1 Å². The van der Waals surface area contributed by atoms with Gasteiger partial charge in [-0.05, 0) is 48.0 Å². The molecule has 0 aliphatic rings. The summed E-state index contributed by atoms with van der Waals surface area (Å²) in [4.78, 5) is 14.1. The van der Waals surface area contributed by atoms with E-state index in [4.69, 9.17) is 11.6 Å². The second-order valence-electron chi connectivity index (χ2n) is 5.69. The van der Waals surface area contributed by atoms with Crippen LogP contribution in [0.15, 0.2) is 72.8 Å². The number of hydrogen-bond acceptors (Lipinski definition) is 3. The first kappa shape index (κ1) is 15.9. The van der Waals surface area contributed by atoms with E-state index < -0.39 is 0 Å². The van der Waals surface area contributed by atoms with E-state index in [1.165, 1.54) is 12.1 Å². The minimum absolute atomic E-state index is 0.0533. The van der Waals surface area contributed by atoms with E-state index in [-0.39, 0.29) is 11.5 Å². The van der Waals surface area contributed by atoms with E-state index >= 15 is 0 Å². The number of hydrogen-bond donors (Lipinski definition) is 1. The number of rotatable bonds is 3. The number of halogens is 1. The second kappa shape index (κ2) is 6.36. The van der Waals surface area contributed by atoms with E-state index in [1.54, 1.807) is 23.5 Å². The van der Waals surface area contributed by atoms with E-state index in [0.717, 1.165) is 20.5 Å². The fourth-order valence-corrected chi connectivity index (χ4v) is 4.16. The molecule has 0 aliphatic heterocycles. The number of carbonyl (C=O) groups is 1. The fourth-order valence-electron chi connectivity index (χ4n) is 2.83. The number of benzene rings is 3. The van der Waals surface area contributed by atoms with Gasteiger partial charge in [0.05, 0.1) is 0 Å². The van der Waals surface area contributed by atoms with Crippen LogP contribution in [0.3, 0.4) is 0 Å². The minimum atomic E-state index is -0.0533. The standard InChI is InChI=1S/C21H13ClO2S/c22-15-9-5-14(6-10-15)21-19(17-3-1-2-4-18(17)25-21)20(24)13-7-11-16(23)12-8-13/h1-12,23H. The molecule has 1 N–H and O–H groups in total. The van der Waals surface area contributed by atoms with Gasteiger partial charge in [0.25, 0.3) is 0 Å². The molecule has 0 radical (unpaired) electrons. The molecule has 0 bridgehead atoms. The predicted octanol–water partition coefficient (Wildman–Crippen LogP) is 6.16. The highest BCUT2D eigenvalue weighted by Crippen LogP contribution is 2.40. The Balaban J connectivity index is 1.94. The van der Waals surface area contributed by atoms with E-state index in [1.807, 2.05) is 48.5 Å². The highest BCUT2D eigenvalue weighted by atomic mass is 35.5. The Morgan fingerprint density at radius 1 is 0.880 bits per heavy atom. The normalized spacial score (nSPS) is 10.9. The molecule has 0 unspecified atom stereocenters. The summed E-state index contributed by atoms with van der Waals surface area (Å²) in [6.45, 7) is 0. The lowest BCUT2D eigenvalue weighted by atomic mass is 9.97. The zero-order valence-corrected chi connectivity index (χ0v) is 14.6. The van der Waals surface area contributed by atoms with Crippen LogP contribution in [0, 0.1) is 0 Å². The van der Waals surface area contributed by atoms with Gasteiger partial charge in [-0.2, -0.15) is 0 Å². The lowest BCUT2D eigenvalue weighted by molar-refractivity contribution is 0.104. The average molecular weight is 365 g/mol. The highest BCUT2D eigenvalue weighted by Gasteiger charge is 2.21. The third-order valence-corrected chi connectivity index (χ3v) is 5.53. The first-order valence-electron chi connectivity index (χ1n) is 7.75. The summed E-state index contributed by atoms with van der Waals surface area (Å²) < 4.78 is 1.06. The number of ketones is 1. The monoisotopic (exact) mass is 364 g/mol. The number of aromatic hydroxyl groups is 1. The molecular formula is C21H13ClO2S. The number of phenols is 1. The van der Waals surface area contributed by atoms with Crippen molar-refractivity contribution in [3.05, 3.63) is 88.9 Å². The Morgan fingerprint density at radius 2 is 1.56 bits per heavy atom. The van der Waals surface area contributed by atoms with Gasteiger partial charge < -0.3 is 5.11 Å². The Labute approximate surface area is 153 Å². The fraction of sp³-hybridized carbons (Fsp3) is 0. The molecule has 122 valence electrons. The van der Waals surface area contributed by atoms with Crippen LogP contribution in [-0.2, 0) is 0 Å². The van der Waals surface area contributed by atoms with Crippen LogP contribution >= 0.6 is 22.9 Å². The number of fused-ring (bicyclic) bond motifs is 1. The van der Waals surface area contributed by atoms with Crippen molar-refractivity contribution in [1.82, 2.24) is 0 Å². The van der Waals surface area contributed by atoms with Gasteiger partial charge in [-0.3, -0.25) is 4.79 Å². The lowest BCUT2D eigenvalue weighted by Gasteiger charge is -2.05. The van der Waals surface area contributed by atoms with Crippen LogP contribution in [0.1, 0.15) is 15.9 Å². The predicted molar refractivity (Wildman–Crippen MR) is 104 cm³/mol. The van der Waals surface area contributed by atoms with Crippen LogP contribution in [0.2, 0.25) is 5.02 Å². The Hall–Kier alpha value is -2.62. The number of thiophene rings is 1. The molecule has 25 heavy (non-hydrogen) atoms. The molecule has 0 fully saturated rings. The van der Waals surface area contributed by atoms with Crippen LogP contribution in [0.5, 0.6) is 5.75 Å². The van der Waals surface area contributed by atoms with Gasteiger partial charge in [-0.25, -0.2) is 0 Å².